The Morgan fingerprint density at radius 3 is 1.22 bits per heavy atom. The maximum absolute atomic E-state index is 12.6. The number of para-hydroxylation sites is 6. The van der Waals surface area contributed by atoms with Crippen molar-refractivity contribution in [2.75, 3.05) is 20.3 Å². The first-order valence-corrected chi connectivity index (χ1v) is 49.4. The van der Waals surface area contributed by atoms with E-state index in [-0.39, 0.29) is 59.6 Å². The second-order valence-electron chi connectivity index (χ2n) is 36.2. The van der Waals surface area contributed by atoms with Crippen molar-refractivity contribution in [1.29, 1.82) is 0 Å². The number of carboxylic acids is 2. The molecule has 6 heterocycles. The van der Waals surface area contributed by atoms with Crippen LogP contribution >= 0.6 is 0 Å². The number of methoxy groups -OCH3 is 1. The molecule has 0 amide bonds. The molecule has 12 aromatic rings. The molecule has 0 unspecified atom stereocenters. The van der Waals surface area contributed by atoms with Crippen molar-refractivity contribution in [2.45, 2.75) is 322 Å². The minimum absolute atomic E-state index is 0.0178. The number of aliphatic carboxylic acids is 2. The molecule has 722 valence electrons. The first-order valence-electron chi connectivity index (χ1n) is 49.4. The molecular formula is C114H152N6O14. The van der Waals surface area contributed by atoms with Gasteiger partial charge in [-0.2, -0.15) is 0 Å². The van der Waals surface area contributed by atoms with Crippen LogP contribution < -0.4 is 31.2 Å². The van der Waals surface area contributed by atoms with Crippen LogP contribution in [-0.2, 0) is 75.5 Å². The number of hydrogen-bond acceptors (Lipinski definition) is 14. The minimum Gasteiger partial charge on any atom is -0.503 e. The number of aromatic nitrogens is 6. The summed E-state index contributed by atoms with van der Waals surface area (Å²) in [4.78, 5) is 111. The van der Waals surface area contributed by atoms with E-state index in [2.05, 4.69) is 84.4 Å². The number of allylic oxidation sites excluding steroid dienone is 2. The van der Waals surface area contributed by atoms with Crippen molar-refractivity contribution < 1.29 is 48.7 Å². The van der Waals surface area contributed by atoms with Crippen molar-refractivity contribution in [2.24, 2.45) is 11.8 Å². The number of hydrogen-bond donors (Lipinski definition) is 5. The summed E-state index contributed by atoms with van der Waals surface area (Å²) < 4.78 is 19.7. The Morgan fingerprint density at radius 1 is 0.403 bits per heavy atom. The third-order valence-electron chi connectivity index (χ3n) is 24.5. The zero-order valence-corrected chi connectivity index (χ0v) is 82.9. The first kappa shape index (κ1) is 109. The van der Waals surface area contributed by atoms with Crippen LogP contribution in [0.3, 0.4) is 0 Å². The summed E-state index contributed by atoms with van der Waals surface area (Å²) in [7, 11) is 1.33. The second-order valence-corrected chi connectivity index (χ2v) is 36.2. The summed E-state index contributed by atoms with van der Waals surface area (Å²) in [5, 5.41) is 33.1. The second kappa shape index (κ2) is 59.1. The molecule has 20 heteroatoms. The quantitative estimate of drug-likeness (QED) is 0.0135. The number of aromatic amines is 2. The molecule has 0 spiro atoms. The zero-order valence-electron chi connectivity index (χ0n) is 82.9. The smallest absolute Gasteiger partial charge is 0.341 e. The third kappa shape index (κ3) is 34.3. The summed E-state index contributed by atoms with van der Waals surface area (Å²) >= 11 is 0. The molecule has 0 saturated carbocycles. The number of pyridine rings is 6. The van der Waals surface area contributed by atoms with Gasteiger partial charge in [-0.3, -0.25) is 43.5 Å². The summed E-state index contributed by atoms with van der Waals surface area (Å²) in [6.07, 6.45) is 41.8. The predicted octanol–water partition coefficient (Wildman–Crippen LogP) is 26.2. The SMILES string of the molecule is CCCCCCCCc1c(C)c(=O)c2ccccc2n1CC(=O)O.CCCCCCCCc1c(O)c(=O)c2ccccc2n1CC(=O)OC.CCCCCCCCc1nc2ccccc2c(OCC(=O)O)c1C.CCCCCCCCc1nc2ccccc2c(OCC(C)=O)c1C.Cc1c(CC(C)C)[nH]c2ccccc2c1=O.Cc1c(CCCC/C=C/C(C)C)[nH]c2ccccc2c1=O. The topological polar surface area (TPSA) is 292 Å². The Bertz CT molecular complexity index is 5910. The zero-order chi connectivity index (χ0) is 97.4. The highest BCUT2D eigenvalue weighted by Gasteiger charge is 2.22. The highest BCUT2D eigenvalue weighted by Crippen LogP contribution is 2.34. The summed E-state index contributed by atoms with van der Waals surface area (Å²) in [5.74, 6) is 0.182. The number of aryl methyl sites for hydroxylation is 3. The first-order chi connectivity index (χ1) is 64.6. The average molecular weight is 1830 g/mol. The molecule has 0 aliphatic heterocycles. The molecule has 0 saturated heterocycles. The van der Waals surface area contributed by atoms with Gasteiger partial charge in [0.2, 0.25) is 5.43 Å². The van der Waals surface area contributed by atoms with Gasteiger partial charge in [-0.25, -0.2) is 4.79 Å². The number of Topliss-reactive ketones (excluding diaryl/α,β-unsaturated/α-hetero) is 1. The van der Waals surface area contributed by atoms with Crippen LogP contribution in [0.15, 0.2) is 177 Å². The number of carbonyl (C=O) groups excluding carboxylic acids is 2. The van der Waals surface area contributed by atoms with Crippen molar-refractivity contribution >= 4 is 89.1 Å². The summed E-state index contributed by atoms with van der Waals surface area (Å²) in [6, 6.07) is 45.5. The van der Waals surface area contributed by atoms with E-state index in [0.717, 1.165) is 202 Å². The lowest BCUT2D eigenvalue weighted by Crippen LogP contribution is -2.21. The maximum Gasteiger partial charge on any atom is 0.341 e. The molecule has 0 bridgehead atoms. The summed E-state index contributed by atoms with van der Waals surface area (Å²) in [6.45, 7) is 28.5. The van der Waals surface area contributed by atoms with Gasteiger partial charge in [0.05, 0.1) is 34.9 Å². The molecule has 0 fully saturated rings. The lowest BCUT2D eigenvalue weighted by molar-refractivity contribution is -0.141. The molecule has 0 aliphatic carbocycles. The van der Waals surface area contributed by atoms with E-state index in [0.29, 0.717) is 51.6 Å². The van der Waals surface area contributed by atoms with E-state index in [1.54, 1.807) is 40.3 Å². The highest BCUT2D eigenvalue weighted by molar-refractivity contribution is 5.89. The van der Waals surface area contributed by atoms with Gasteiger partial charge in [0.25, 0.3) is 0 Å². The van der Waals surface area contributed by atoms with Crippen molar-refractivity contribution in [3.05, 3.63) is 261 Å². The third-order valence-corrected chi connectivity index (χ3v) is 24.5. The fraction of sp³-hybridized carbons (Fsp3) is 0.474. The van der Waals surface area contributed by atoms with Crippen LogP contribution in [0, 0.1) is 46.5 Å². The molecule has 0 atom stereocenters. The minimum atomic E-state index is -0.965. The van der Waals surface area contributed by atoms with Crippen LogP contribution in [0.1, 0.15) is 298 Å². The number of esters is 1. The monoisotopic (exact) mass is 1830 g/mol. The Kier molecular flexibility index (Phi) is 48.1. The molecule has 12 rings (SSSR count). The molecular weight excluding hydrogens is 1680 g/mol. The number of benzene rings is 6. The van der Waals surface area contributed by atoms with Gasteiger partial charge in [-0.1, -0.05) is 269 Å². The lowest BCUT2D eigenvalue weighted by Gasteiger charge is -2.18. The molecule has 6 aromatic heterocycles. The van der Waals surface area contributed by atoms with Crippen LogP contribution in [0.4, 0.5) is 0 Å². The Balaban J connectivity index is 0.000000220. The van der Waals surface area contributed by atoms with E-state index in [1.165, 1.54) is 116 Å². The molecule has 5 N–H and O–H groups in total. The van der Waals surface area contributed by atoms with Crippen LogP contribution in [-0.4, -0.2) is 88.4 Å². The fourth-order valence-electron chi connectivity index (χ4n) is 17.0. The van der Waals surface area contributed by atoms with Gasteiger partial charge in [0.15, 0.2) is 34.4 Å². The van der Waals surface area contributed by atoms with Gasteiger partial charge < -0.3 is 48.6 Å². The molecule has 20 nitrogen and oxygen atoms in total. The van der Waals surface area contributed by atoms with Crippen LogP contribution in [0.25, 0.3) is 65.4 Å². The molecule has 0 aliphatic rings. The fourth-order valence-corrected chi connectivity index (χ4v) is 17.0. The van der Waals surface area contributed by atoms with Crippen LogP contribution in [0.5, 0.6) is 17.2 Å². The molecule has 6 aromatic carbocycles. The van der Waals surface area contributed by atoms with Crippen molar-refractivity contribution in [3.8, 4) is 17.2 Å². The lowest BCUT2D eigenvalue weighted by atomic mass is 10.0. The normalized spacial score (nSPS) is 11.1. The number of rotatable bonds is 46. The number of H-pyrrole nitrogens is 2. The van der Waals surface area contributed by atoms with Gasteiger partial charge in [-0.05, 0) is 210 Å². The Hall–Kier alpha value is -11.8. The number of nitrogens with one attached hydrogen (secondary N) is 2. The Labute approximate surface area is 794 Å². The van der Waals surface area contributed by atoms with E-state index in [1.807, 2.05) is 149 Å². The molecule has 134 heavy (non-hydrogen) atoms. The van der Waals surface area contributed by atoms with Gasteiger partial charge >= 0.3 is 17.9 Å². The number of ether oxygens (including phenoxy) is 3. The standard InChI is InChI=1S/C21H29NO2.C20H27NO4.2C20H27NO3.C19H25NO.C14H17NO/c1-4-5-6-7-8-9-13-19-17(3)21(24-15-16(2)23)18-12-10-11-14-20(18)22-19;1-3-4-5-6-7-8-13-17-20(24)19(23)15-11-9-10-12-16(15)21(17)14-18(22)25-2;1-3-4-5-6-7-8-12-17-15(2)20(24-14-19(22)23)16-11-9-10-13-18(16)21-17;1-3-4-5-6-7-8-12-17-15(2)20(24)16-11-9-10-13-18(16)21(17)14-19(22)23;1-14(2)10-6-4-5-7-12-17-15(3)19(21)16-11-8-9-13-18(16)20-17;1-9(2)8-13-10(3)14(16)11-6-4-5-7-12(11)15-13/h10-12,14H,4-9,13,15H2,1-3H3;9-12,24H,3-8,13-14H2,1-2H3;2*9-11,13H,3-8,12,14H2,1-2H3,(H,22,23);6,8-11,13-14H,4-5,7,12H2,1-3H3,(H,20,21);4-7,9H,8H2,1-3H3,(H,15,16)/b;;;;10-6+;. The number of carboxylic acid groups (broad SMARTS) is 2. The van der Waals surface area contributed by atoms with Crippen molar-refractivity contribution in [1.82, 2.24) is 29.1 Å². The summed E-state index contributed by atoms with van der Waals surface area (Å²) in [5.41, 5.74) is 15.1. The average Bonchev–Trinajstić information content (AvgIpc) is 0.765. The van der Waals surface area contributed by atoms with E-state index < -0.39 is 17.9 Å². The van der Waals surface area contributed by atoms with Gasteiger partial charge in [-0.15, -0.1) is 0 Å². The number of carbonyl (C=O) groups is 4. The van der Waals surface area contributed by atoms with E-state index in [4.69, 9.17) is 29.3 Å². The van der Waals surface area contributed by atoms with Crippen LogP contribution in [0.2, 0.25) is 0 Å². The molecule has 0 radical (unpaired) electrons. The van der Waals surface area contributed by atoms with Gasteiger partial charge in [0, 0.05) is 99.6 Å². The van der Waals surface area contributed by atoms with E-state index >= 15 is 0 Å². The van der Waals surface area contributed by atoms with Crippen molar-refractivity contribution in [3.63, 3.8) is 0 Å². The number of nitrogens with zero attached hydrogens (tertiary/aromatic N) is 4. The van der Waals surface area contributed by atoms with E-state index in [9.17, 15) is 48.6 Å². The predicted molar refractivity (Wildman–Crippen MR) is 552 cm³/mol. The largest absolute Gasteiger partial charge is 0.503 e. The highest BCUT2D eigenvalue weighted by atomic mass is 16.5. The maximum atomic E-state index is 12.6. The number of fused-ring (bicyclic) bond motifs is 6. The number of ketones is 1. The van der Waals surface area contributed by atoms with Gasteiger partial charge in [0.1, 0.15) is 31.2 Å². The number of aromatic hydroxyl groups is 1. The Morgan fingerprint density at radius 2 is 0.776 bits per heavy atom. The number of unbranched alkanes of at least 4 members (excludes halogenated alkanes) is 22.